The molecule has 0 atom stereocenters. The average molecular weight is 357 g/mol. The van der Waals surface area contributed by atoms with Crippen LogP contribution in [0.5, 0.6) is 5.75 Å². The molecule has 2 aromatic rings. The van der Waals surface area contributed by atoms with Gasteiger partial charge in [-0.2, -0.15) is 0 Å². The normalized spacial score (nSPS) is 15.1. The molecule has 2 aromatic carbocycles. The van der Waals surface area contributed by atoms with Crippen molar-refractivity contribution in [1.29, 1.82) is 0 Å². The summed E-state index contributed by atoms with van der Waals surface area (Å²) in [6.07, 6.45) is 1.80. The quantitative estimate of drug-likeness (QED) is 0.738. The molecule has 1 amide bonds. The SMILES string of the molecule is Cc1cccc(C(=O)N2CCC(OCCOc3ccc(F)cc3)CC2)c1. The van der Waals surface area contributed by atoms with E-state index < -0.39 is 0 Å². The third-order valence-corrected chi connectivity index (χ3v) is 4.51. The highest BCUT2D eigenvalue weighted by atomic mass is 19.1. The van der Waals surface area contributed by atoms with Crippen molar-refractivity contribution in [2.45, 2.75) is 25.9 Å². The lowest BCUT2D eigenvalue weighted by Gasteiger charge is -2.32. The molecule has 1 aliphatic heterocycles. The van der Waals surface area contributed by atoms with Crippen LogP contribution in [-0.4, -0.2) is 43.2 Å². The van der Waals surface area contributed by atoms with E-state index in [0.717, 1.165) is 24.0 Å². The molecule has 1 aliphatic rings. The third kappa shape index (κ3) is 5.05. The zero-order chi connectivity index (χ0) is 18.4. The van der Waals surface area contributed by atoms with Crippen LogP contribution < -0.4 is 4.74 Å². The monoisotopic (exact) mass is 357 g/mol. The number of rotatable bonds is 6. The highest BCUT2D eigenvalue weighted by molar-refractivity contribution is 5.94. The van der Waals surface area contributed by atoms with E-state index in [1.54, 1.807) is 12.1 Å². The number of hydrogen-bond acceptors (Lipinski definition) is 3. The van der Waals surface area contributed by atoms with Gasteiger partial charge in [0, 0.05) is 18.7 Å². The molecule has 0 N–H and O–H groups in total. The topological polar surface area (TPSA) is 38.8 Å². The minimum Gasteiger partial charge on any atom is -0.491 e. The standard InChI is InChI=1S/C21H24FNO3/c1-16-3-2-4-17(15-16)21(24)23-11-9-20(10-12-23)26-14-13-25-19-7-5-18(22)6-8-19/h2-8,15,20H,9-14H2,1H3. The molecule has 1 saturated heterocycles. The van der Waals surface area contributed by atoms with Gasteiger partial charge in [-0.1, -0.05) is 17.7 Å². The first kappa shape index (κ1) is 18.4. The van der Waals surface area contributed by atoms with Crippen LogP contribution in [-0.2, 0) is 4.74 Å². The third-order valence-electron chi connectivity index (χ3n) is 4.51. The molecule has 0 aromatic heterocycles. The molecule has 1 fully saturated rings. The second-order valence-electron chi connectivity index (χ2n) is 6.53. The first-order valence-corrected chi connectivity index (χ1v) is 8.98. The Kier molecular flexibility index (Phi) is 6.23. The van der Waals surface area contributed by atoms with E-state index in [0.29, 0.717) is 32.1 Å². The molecule has 1 heterocycles. The molecular formula is C21H24FNO3. The van der Waals surface area contributed by atoms with Crippen LogP contribution in [0.15, 0.2) is 48.5 Å². The first-order valence-electron chi connectivity index (χ1n) is 8.98. The van der Waals surface area contributed by atoms with Gasteiger partial charge < -0.3 is 14.4 Å². The van der Waals surface area contributed by atoms with E-state index in [1.807, 2.05) is 36.1 Å². The van der Waals surface area contributed by atoms with Crippen molar-refractivity contribution in [3.8, 4) is 5.75 Å². The Labute approximate surface area is 153 Å². The highest BCUT2D eigenvalue weighted by Crippen LogP contribution is 2.17. The fourth-order valence-corrected chi connectivity index (χ4v) is 3.09. The summed E-state index contributed by atoms with van der Waals surface area (Å²) in [6.45, 7) is 4.30. The van der Waals surface area contributed by atoms with Crippen molar-refractivity contribution in [3.63, 3.8) is 0 Å². The summed E-state index contributed by atoms with van der Waals surface area (Å²) in [7, 11) is 0. The van der Waals surface area contributed by atoms with Gasteiger partial charge in [0.2, 0.25) is 0 Å². The summed E-state index contributed by atoms with van der Waals surface area (Å²) in [5.74, 6) is 0.445. The Balaban J connectivity index is 1.37. The van der Waals surface area contributed by atoms with Gasteiger partial charge in [-0.25, -0.2) is 4.39 Å². The number of carbonyl (C=O) groups excluding carboxylic acids is 1. The predicted octanol–water partition coefficient (Wildman–Crippen LogP) is 3.83. The van der Waals surface area contributed by atoms with Gasteiger partial charge in [0.25, 0.3) is 5.91 Å². The number of aryl methyl sites for hydroxylation is 1. The predicted molar refractivity (Wildman–Crippen MR) is 98.0 cm³/mol. The van der Waals surface area contributed by atoms with Gasteiger partial charge in [-0.3, -0.25) is 4.79 Å². The van der Waals surface area contributed by atoms with Crippen LogP contribution in [0.1, 0.15) is 28.8 Å². The second-order valence-corrected chi connectivity index (χ2v) is 6.53. The van der Waals surface area contributed by atoms with Crippen molar-refractivity contribution in [2.24, 2.45) is 0 Å². The van der Waals surface area contributed by atoms with Gasteiger partial charge in [-0.15, -0.1) is 0 Å². The van der Waals surface area contributed by atoms with Gasteiger partial charge >= 0.3 is 0 Å². The number of likely N-dealkylation sites (tertiary alicyclic amines) is 1. The van der Waals surface area contributed by atoms with E-state index in [-0.39, 0.29) is 17.8 Å². The molecule has 0 spiro atoms. The summed E-state index contributed by atoms with van der Waals surface area (Å²) in [5, 5.41) is 0. The van der Waals surface area contributed by atoms with Gasteiger partial charge in [0.05, 0.1) is 12.7 Å². The zero-order valence-electron chi connectivity index (χ0n) is 15.0. The molecule has 0 unspecified atom stereocenters. The number of amides is 1. The summed E-state index contributed by atoms with van der Waals surface area (Å²) in [6, 6.07) is 13.6. The van der Waals surface area contributed by atoms with Gasteiger partial charge in [0.15, 0.2) is 0 Å². The molecule has 0 radical (unpaired) electrons. The molecular weight excluding hydrogens is 333 g/mol. The first-order chi connectivity index (χ1) is 12.6. The number of hydrogen-bond donors (Lipinski definition) is 0. The lowest BCUT2D eigenvalue weighted by Crippen LogP contribution is -2.41. The van der Waals surface area contributed by atoms with Crippen LogP contribution in [0.4, 0.5) is 4.39 Å². The van der Waals surface area contributed by atoms with Crippen molar-refractivity contribution < 1.29 is 18.7 Å². The summed E-state index contributed by atoms with van der Waals surface area (Å²) < 4.78 is 24.2. The van der Waals surface area contributed by atoms with Crippen molar-refractivity contribution in [1.82, 2.24) is 4.90 Å². The Morgan fingerprint density at radius 3 is 2.54 bits per heavy atom. The minimum absolute atomic E-state index is 0.0896. The van der Waals surface area contributed by atoms with Crippen LogP contribution in [0.3, 0.4) is 0 Å². The maximum Gasteiger partial charge on any atom is 0.253 e. The summed E-state index contributed by atoms with van der Waals surface area (Å²) in [5.41, 5.74) is 1.84. The number of nitrogens with zero attached hydrogens (tertiary/aromatic N) is 1. The molecule has 3 rings (SSSR count). The Morgan fingerprint density at radius 2 is 1.85 bits per heavy atom. The van der Waals surface area contributed by atoms with E-state index in [2.05, 4.69) is 0 Å². The van der Waals surface area contributed by atoms with E-state index in [1.165, 1.54) is 12.1 Å². The van der Waals surface area contributed by atoms with Crippen LogP contribution >= 0.6 is 0 Å². The largest absolute Gasteiger partial charge is 0.491 e. The molecule has 26 heavy (non-hydrogen) atoms. The Hall–Kier alpha value is -2.40. The smallest absolute Gasteiger partial charge is 0.253 e. The maximum absolute atomic E-state index is 12.8. The number of halogens is 1. The molecule has 0 bridgehead atoms. The van der Waals surface area contributed by atoms with Crippen LogP contribution in [0, 0.1) is 12.7 Å². The number of ether oxygens (including phenoxy) is 2. The Morgan fingerprint density at radius 1 is 1.12 bits per heavy atom. The minimum atomic E-state index is -0.277. The lowest BCUT2D eigenvalue weighted by atomic mass is 10.1. The van der Waals surface area contributed by atoms with E-state index in [4.69, 9.17) is 9.47 Å². The number of benzene rings is 2. The molecule has 138 valence electrons. The van der Waals surface area contributed by atoms with Crippen molar-refractivity contribution >= 4 is 5.91 Å². The second kappa shape index (κ2) is 8.81. The lowest BCUT2D eigenvalue weighted by molar-refractivity contribution is -0.00238. The highest BCUT2D eigenvalue weighted by Gasteiger charge is 2.24. The van der Waals surface area contributed by atoms with Crippen molar-refractivity contribution in [3.05, 3.63) is 65.5 Å². The average Bonchev–Trinajstić information content (AvgIpc) is 2.66. The molecule has 4 nitrogen and oxygen atoms in total. The van der Waals surface area contributed by atoms with Crippen LogP contribution in [0.2, 0.25) is 0 Å². The van der Waals surface area contributed by atoms with Gasteiger partial charge in [0.1, 0.15) is 18.2 Å². The number of carbonyl (C=O) groups is 1. The van der Waals surface area contributed by atoms with Gasteiger partial charge in [-0.05, 0) is 56.2 Å². The Bertz CT molecular complexity index is 724. The fraction of sp³-hybridized carbons (Fsp3) is 0.381. The summed E-state index contributed by atoms with van der Waals surface area (Å²) in [4.78, 5) is 14.4. The zero-order valence-corrected chi connectivity index (χ0v) is 15.0. The molecule has 0 aliphatic carbocycles. The fourth-order valence-electron chi connectivity index (χ4n) is 3.09. The van der Waals surface area contributed by atoms with Crippen molar-refractivity contribution in [2.75, 3.05) is 26.3 Å². The maximum atomic E-state index is 12.8. The molecule has 5 heteroatoms. The number of piperidine rings is 1. The molecule has 0 saturated carbocycles. The van der Waals surface area contributed by atoms with E-state index >= 15 is 0 Å². The van der Waals surface area contributed by atoms with E-state index in [9.17, 15) is 9.18 Å². The summed E-state index contributed by atoms with van der Waals surface area (Å²) >= 11 is 0. The van der Waals surface area contributed by atoms with Crippen LogP contribution in [0.25, 0.3) is 0 Å².